The second kappa shape index (κ2) is 4.28. The Bertz CT molecular complexity index is 119. The summed E-state index contributed by atoms with van der Waals surface area (Å²) in [4.78, 5) is -0.892. The molecule has 0 atom stereocenters. The highest BCUT2D eigenvalue weighted by atomic mass is 32.2. The molecule has 0 N–H and O–H groups in total. The van der Waals surface area contributed by atoms with Crippen molar-refractivity contribution in [2.45, 2.75) is 37.6 Å². The molecule has 5 heteroatoms. The first kappa shape index (κ1) is 12.0. The van der Waals surface area contributed by atoms with Gasteiger partial charge in [0.15, 0.2) is 0 Å². The summed E-state index contributed by atoms with van der Waals surface area (Å²) in [5, 5.41) is 0. The first-order chi connectivity index (χ1) is 4.77. The fraction of sp³-hybridized carbons (Fsp3) is 1.00. The Morgan fingerprint density at radius 2 is 1.64 bits per heavy atom. The summed E-state index contributed by atoms with van der Waals surface area (Å²) in [5.74, 6) is 0. The molecule has 0 aromatic rings. The quantitative estimate of drug-likeness (QED) is 0.426. The zero-order valence-electron chi connectivity index (χ0n) is 7.12. The number of hydrogen-bond donors (Lipinski definition) is 2. The first-order valence-corrected chi connectivity index (χ1v) is 4.74. The van der Waals surface area contributed by atoms with Crippen molar-refractivity contribution < 1.29 is 8.37 Å². The normalized spacial score (nSPS) is 13.6. The molecule has 0 saturated carbocycles. The predicted octanol–water partition coefficient (Wildman–Crippen LogP) is 2.91. The Kier molecular flexibility index (Phi) is 4.65. The van der Waals surface area contributed by atoms with Gasteiger partial charge in [-0.25, -0.2) is 0 Å². The van der Waals surface area contributed by atoms with Crippen LogP contribution < -0.4 is 0 Å². The van der Waals surface area contributed by atoms with Gasteiger partial charge >= 0.3 is 0 Å². The van der Waals surface area contributed by atoms with Gasteiger partial charge in [0.25, 0.3) is 0 Å². The highest BCUT2D eigenvalue weighted by molar-refractivity contribution is 7.96. The molecule has 0 unspecified atom stereocenters. The minimum Gasteiger partial charge on any atom is -0.300 e. The smallest absolute Gasteiger partial charge is 0.147 e. The van der Waals surface area contributed by atoms with Crippen LogP contribution >= 0.6 is 37.6 Å². The van der Waals surface area contributed by atoms with E-state index >= 15 is 0 Å². The fourth-order valence-electron chi connectivity index (χ4n) is 0.218. The second-order valence-electron chi connectivity index (χ2n) is 3.10. The first-order valence-electron chi connectivity index (χ1n) is 3.19. The molecule has 0 aliphatic heterocycles. The van der Waals surface area contributed by atoms with E-state index in [-0.39, 0.29) is 0 Å². The summed E-state index contributed by atoms with van der Waals surface area (Å²) in [7, 11) is 0. The van der Waals surface area contributed by atoms with E-state index in [0.717, 1.165) is 0 Å². The van der Waals surface area contributed by atoms with Crippen molar-refractivity contribution in [3.63, 3.8) is 0 Å². The van der Waals surface area contributed by atoms with Crippen LogP contribution in [-0.2, 0) is 8.37 Å². The van der Waals surface area contributed by atoms with Crippen LogP contribution in [0.3, 0.4) is 0 Å². The third-order valence-corrected chi connectivity index (χ3v) is 2.45. The molecule has 2 nitrogen and oxygen atoms in total. The minimum absolute atomic E-state index is 0.441. The van der Waals surface area contributed by atoms with Gasteiger partial charge in [-0.2, -0.15) is 0 Å². The fourth-order valence-corrected chi connectivity index (χ4v) is 0.856. The molecule has 0 aromatic heterocycles. The van der Waals surface area contributed by atoms with Crippen molar-refractivity contribution in [2.75, 3.05) is 0 Å². The molecular weight excluding hydrogens is 200 g/mol. The van der Waals surface area contributed by atoms with Crippen LogP contribution in [0.5, 0.6) is 0 Å². The van der Waals surface area contributed by atoms with Gasteiger partial charge in [0, 0.05) is 12.0 Å². The van der Waals surface area contributed by atoms with Crippen molar-refractivity contribution >= 4 is 37.6 Å². The van der Waals surface area contributed by atoms with Crippen LogP contribution in [0.1, 0.15) is 27.7 Å². The molecule has 0 spiro atoms. The average molecular weight is 214 g/mol. The van der Waals surface area contributed by atoms with Gasteiger partial charge < -0.3 is 0 Å². The van der Waals surface area contributed by atoms with E-state index in [9.17, 15) is 0 Å². The van der Waals surface area contributed by atoms with Crippen LogP contribution in [0.25, 0.3) is 0 Å². The van der Waals surface area contributed by atoms with E-state index in [0.29, 0.717) is 0 Å². The summed E-state index contributed by atoms with van der Waals surface area (Å²) >= 11 is 9.10. The van der Waals surface area contributed by atoms with Gasteiger partial charge in [0.2, 0.25) is 0 Å². The monoisotopic (exact) mass is 214 g/mol. The molecule has 0 fully saturated rings. The molecule has 0 bridgehead atoms. The zero-order valence-corrected chi connectivity index (χ0v) is 9.72. The third-order valence-electron chi connectivity index (χ3n) is 0.666. The van der Waals surface area contributed by atoms with Gasteiger partial charge in [-0.05, 0) is 40.6 Å². The lowest BCUT2D eigenvalue weighted by Crippen LogP contribution is -2.20. The summed E-state index contributed by atoms with van der Waals surface area (Å²) in [6.07, 6.45) is 0. The van der Waals surface area contributed by atoms with Gasteiger partial charge in [0.1, 0.15) is 9.87 Å². The van der Waals surface area contributed by atoms with Crippen molar-refractivity contribution in [2.24, 2.45) is 0 Å². The predicted molar refractivity (Wildman–Crippen MR) is 55.9 cm³/mol. The maximum Gasteiger partial charge on any atom is 0.147 e. The Morgan fingerprint density at radius 3 is 1.91 bits per heavy atom. The zero-order chi connectivity index (χ0) is 9.12. The van der Waals surface area contributed by atoms with E-state index < -0.39 is 9.87 Å². The lowest BCUT2D eigenvalue weighted by Gasteiger charge is -2.24. The minimum atomic E-state index is -0.450. The molecule has 68 valence electrons. The Hall–Kier alpha value is 0.970. The summed E-state index contributed by atoms with van der Waals surface area (Å²) in [6.45, 7) is 7.45. The van der Waals surface area contributed by atoms with Gasteiger partial charge in [-0.3, -0.25) is 8.37 Å². The Morgan fingerprint density at radius 1 is 1.18 bits per heavy atom. The maximum absolute atomic E-state index is 5.29. The Labute approximate surface area is 83.6 Å². The summed E-state index contributed by atoms with van der Waals surface area (Å²) < 4.78 is 10.1. The van der Waals surface area contributed by atoms with E-state index in [2.05, 4.69) is 25.5 Å². The molecule has 0 heterocycles. The highest BCUT2D eigenvalue weighted by Gasteiger charge is 2.23. The Balaban J connectivity index is 3.70. The van der Waals surface area contributed by atoms with Crippen LogP contribution in [0.2, 0.25) is 0 Å². The van der Waals surface area contributed by atoms with Crippen molar-refractivity contribution in [1.82, 2.24) is 0 Å². The van der Waals surface area contributed by atoms with E-state index in [1.807, 2.05) is 27.7 Å². The molecule has 0 aliphatic rings. The molecular formula is C6H14O2S3. The molecule has 11 heavy (non-hydrogen) atoms. The van der Waals surface area contributed by atoms with E-state index in [1.165, 1.54) is 12.0 Å². The van der Waals surface area contributed by atoms with Crippen LogP contribution in [0.4, 0.5) is 0 Å². The average Bonchev–Trinajstić information content (AvgIpc) is 1.83. The molecule has 0 rings (SSSR count). The topological polar surface area (TPSA) is 18.5 Å². The molecule has 0 aromatic carbocycles. The van der Waals surface area contributed by atoms with Crippen LogP contribution in [-0.4, -0.2) is 9.87 Å². The van der Waals surface area contributed by atoms with Gasteiger partial charge in [-0.1, -0.05) is 0 Å². The maximum atomic E-state index is 5.29. The lowest BCUT2D eigenvalue weighted by atomic mass is 10.5. The molecule has 0 amide bonds. The largest absolute Gasteiger partial charge is 0.300 e. The number of thiol groups is 2. The summed E-state index contributed by atoms with van der Waals surface area (Å²) in [6, 6.07) is 0. The molecule has 0 aliphatic carbocycles. The van der Waals surface area contributed by atoms with Crippen molar-refractivity contribution in [3.8, 4) is 0 Å². The third kappa shape index (κ3) is 7.33. The summed E-state index contributed by atoms with van der Waals surface area (Å²) in [5.41, 5.74) is 0. The SMILES string of the molecule is CC(C)(S)OSC(C)(C)OS. The standard InChI is InChI=1S/C6H14O2S3/c1-5(2,9)8-11-6(3,4)7-10/h9-10H,1-4H3. The van der Waals surface area contributed by atoms with E-state index in [4.69, 9.17) is 8.37 Å². The molecule has 0 radical (unpaired) electrons. The van der Waals surface area contributed by atoms with Crippen LogP contribution in [0, 0.1) is 0 Å². The highest BCUT2D eigenvalue weighted by Crippen LogP contribution is 2.33. The van der Waals surface area contributed by atoms with Gasteiger partial charge in [0.05, 0.1) is 0 Å². The number of rotatable bonds is 4. The number of hydrogen-bond acceptors (Lipinski definition) is 5. The van der Waals surface area contributed by atoms with Crippen LogP contribution in [0.15, 0.2) is 0 Å². The van der Waals surface area contributed by atoms with E-state index in [1.54, 1.807) is 0 Å². The lowest BCUT2D eigenvalue weighted by molar-refractivity contribution is 0.201. The molecule has 0 saturated heterocycles. The van der Waals surface area contributed by atoms with Crippen molar-refractivity contribution in [1.29, 1.82) is 0 Å². The van der Waals surface area contributed by atoms with Crippen molar-refractivity contribution in [3.05, 3.63) is 0 Å². The second-order valence-corrected chi connectivity index (χ2v) is 5.68. The van der Waals surface area contributed by atoms with Gasteiger partial charge in [-0.15, -0.1) is 12.6 Å².